The van der Waals surface area contributed by atoms with Gasteiger partial charge in [0.05, 0.1) is 6.33 Å². The number of imidazole rings is 1. The maximum atomic E-state index is 13.1. The fraction of sp³-hybridized carbons (Fsp3) is 0.167. The monoisotopic (exact) mass is 331 g/mol. The van der Waals surface area contributed by atoms with Crippen molar-refractivity contribution >= 4 is 0 Å². The molecule has 1 N–H and O–H groups in total. The molecule has 0 spiro atoms. The second kappa shape index (κ2) is 7.31. The van der Waals surface area contributed by atoms with Crippen LogP contribution in [0.25, 0.3) is 0 Å². The smallest absolute Gasteiger partial charge is 0.194 e. The van der Waals surface area contributed by atoms with E-state index in [4.69, 9.17) is 0 Å². The fourth-order valence-electron chi connectivity index (χ4n) is 2.41. The summed E-state index contributed by atoms with van der Waals surface area (Å²) in [5.41, 5.74) is 2.56. The van der Waals surface area contributed by atoms with Crippen LogP contribution in [-0.4, -0.2) is 9.55 Å². The molecular formula is C18H16F3N3. The molecule has 0 fully saturated rings. The average molecular weight is 331 g/mol. The van der Waals surface area contributed by atoms with E-state index in [0.717, 1.165) is 29.8 Å². The zero-order valence-electron chi connectivity index (χ0n) is 12.8. The number of nitrogens with one attached hydrogen (secondary N) is 1. The molecule has 0 saturated carbocycles. The first-order chi connectivity index (χ1) is 11.6. The van der Waals surface area contributed by atoms with E-state index in [0.29, 0.717) is 12.1 Å². The summed E-state index contributed by atoms with van der Waals surface area (Å²) in [5, 5.41) is 3.09. The first kappa shape index (κ1) is 16.3. The van der Waals surface area contributed by atoms with Gasteiger partial charge in [-0.1, -0.05) is 24.3 Å². The van der Waals surface area contributed by atoms with Crippen molar-refractivity contribution in [3.05, 3.63) is 89.3 Å². The van der Waals surface area contributed by atoms with Crippen molar-refractivity contribution < 1.29 is 13.2 Å². The predicted octanol–water partition coefficient (Wildman–Crippen LogP) is 3.64. The standard InChI is InChI=1S/C18H16F3N3/c19-16-7-15(8-17(20)18(16)21)10-23-9-13-1-3-14(4-2-13)11-24-6-5-22-12-24/h1-8,12,23H,9-11H2. The van der Waals surface area contributed by atoms with Gasteiger partial charge in [0.1, 0.15) is 0 Å². The summed E-state index contributed by atoms with van der Waals surface area (Å²) in [5.74, 6) is -3.78. The van der Waals surface area contributed by atoms with E-state index in [1.54, 1.807) is 12.5 Å². The molecule has 0 atom stereocenters. The van der Waals surface area contributed by atoms with Gasteiger partial charge in [-0.15, -0.1) is 0 Å². The fourth-order valence-corrected chi connectivity index (χ4v) is 2.41. The third kappa shape index (κ3) is 4.02. The Morgan fingerprint density at radius 1 is 0.875 bits per heavy atom. The first-order valence-corrected chi connectivity index (χ1v) is 7.49. The highest BCUT2D eigenvalue weighted by molar-refractivity contribution is 5.23. The van der Waals surface area contributed by atoms with Gasteiger partial charge in [0.25, 0.3) is 0 Å². The summed E-state index contributed by atoms with van der Waals surface area (Å²) in [7, 11) is 0. The minimum absolute atomic E-state index is 0.255. The SMILES string of the molecule is Fc1cc(CNCc2ccc(Cn3ccnc3)cc2)cc(F)c1F. The topological polar surface area (TPSA) is 29.9 Å². The van der Waals surface area contributed by atoms with Crippen molar-refractivity contribution in [3.8, 4) is 0 Å². The molecule has 0 aliphatic rings. The summed E-state index contributed by atoms with van der Waals surface area (Å²) in [6.45, 7) is 1.55. The summed E-state index contributed by atoms with van der Waals surface area (Å²) < 4.78 is 41.2. The lowest BCUT2D eigenvalue weighted by atomic mass is 10.1. The normalized spacial score (nSPS) is 11.0. The highest BCUT2D eigenvalue weighted by Crippen LogP contribution is 2.13. The highest BCUT2D eigenvalue weighted by atomic mass is 19.2. The molecule has 0 saturated heterocycles. The van der Waals surface area contributed by atoms with Crippen molar-refractivity contribution in [2.24, 2.45) is 0 Å². The van der Waals surface area contributed by atoms with Crippen LogP contribution in [0.1, 0.15) is 16.7 Å². The number of rotatable bonds is 6. The second-order valence-electron chi connectivity index (χ2n) is 5.53. The minimum atomic E-state index is -1.44. The lowest BCUT2D eigenvalue weighted by Crippen LogP contribution is -2.13. The van der Waals surface area contributed by atoms with Crippen molar-refractivity contribution in [3.63, 3.8) is 0 Å². The van der Waals surface area contributed by atoms with E-state index in [-0.39, 0.29) is 6.54 Å². The van der Waals surface area contributed by atoms with E-state index < -0.39 is 17.5 Å². The molecular weight excluding hydrogens is 315 g/mol. The van der Waals surface area contributed by atoms with Gasteiger partial charge in [-0.25, -0.2) is 18.2 Å². The molecule has 3 rings (SSSR count). The van der Waals surface area contributed by atoms with Gasteiger partial charge in [-0.05, 0) is 28.8 Å². The second-order valence-corrected chi connectivity index (χ2v) is 5.53. The van der Waals surface area contributed by atoms with Crippen LogP contribution in [0.4, 0.5) is 13.2 Å². The van der Waals surface area contributed by atoms with Crippen LogP contribution in [0.15, 0.2) is 55.1 Å². The van der Waals surface area contributed by atoms with Crippen molar-refractivity contribution in [2.75, 3.05) is 0 Å². The number of nitrogens with zero attached hydrogens (tertiary/aromatic N) is 2. The van der Waals surface area contributed by atoms with Gasteiger partial charge in [-0.2, -0.15) is 0 Å². The summed E-state index contributed by atoms with van der Waals surface area (Å²) in [6.07, 6.45) is 5.40. The molecule has 0 unspecified atom stereocenters. The highest BCUT2D eigenvalue weighted by Gasteiger charge is 2.10. The molecule has 1 heterocycles. The Labute approximate surface area is 137 Å². The quantitative estimate of drug-likeness (QED) is 0.699. The molecule has 0 bridgehead atoms. The third-order valence-corrected chi connectivity index (χ3v) is 3.65. The molecule has 1 aromatic heterocycles. The van der Waals surface area contributed by atoms with Gasteiger partial charge >= 0.3 is 0 Å². The van der Waals surface area contributed by atoms with Crippen LogP contribution in [0.5, 0.6) is 0 Å². The number of aromatic nitrogens is 2. The Balaban J connectivity index is 1.53. The number of hydrogen-bond donors (Lipinski definition) is 1. The summed E-state index contributed by atoms with van der Waals surface area (Å²) >= 11 is 0. The third-order valence-electron chi connectivity index (χ3n) is 3.65. The van der Waals surface area contributed by atoms with Crippen molar-refractivity contribution in [1.82, 2.24) is 14.9 Å². The van der Waals surface area contributed by atoms with Gasteiger partial charge in [0.15, 0.2) is 17.5 Å². The Morgan fingerprint density at radius 3 is 2.12 bits per heavy atom. The number of halogens is 3. The predicted molar refractivity (Wildman–Crippen MR) is 84.6 cm³/mol. The lowest BCUT2D eigenvalue weighted by molar-refractivity contribution is 0.444. The van der Waals surface area contributed by atoms with Gasteiger partial charge < -0.3 is 9.88 Å². The van der Waals surface area contributed by atoms with E-state index in [2.05, 4.69) is 10.3 Å². The van der Waals surface area contributed by atoms with Crippen LogP contribution >= 0.6 is 0 Å². The van der Waals surface area contributed by atoms with Crippen LogP contribution in [0.3, 0.4) is 0 Å². The largest absolute Gasteiger partial charge is 0.333 e. The van der Waals surface area contributed by atoms with E-state index in [1.807, 2.05) is 35.0 Å². The Kier molecular flexibility index (Phi) is 4.96. The van der Waals surface area contributed by atoms with Crippen LogP contribution in [-0.2, 0) is 19.6 Å². The van der Waals surface area contributed by atoms with Crippen LogP contribution < -0.4 is 5.32 Å². The van der Waals surface area contributed by atoms with Crippen molar-refractivity contribution in [1.29, 1.82) is 0 Å². The molecule has 3 nitrogen and oxygen atoms in total. The minimum Gasteiger partial charge on any atom is -0.333 e. The molecule has 0 amide bonds. The summed E-state index contributed by atoms with van der Waals surface area (Å²) in [4.78, 5) is 4.00. The lowest BCUT2D eigenvalue weighted by Gasteiger charge is -2.08. The summed E-state index contributed by atoms with van der Waals surface area (Å²) in [6, 6.07) is 10.0. The maximum absolute atomic E-state index is 13.1. The van der Waals surface area contributed by atoms with E-state index >= 15 is 0 Å². The molecule has 24 heavy (non-hydrogen) atoms. The number of benzene rings is 2. The molecule has 0 aliphatic carbocycles. The zero-order chi connectivity index (χ0) is 16.9. The molecule has 0 radical (unpaired) electrons. The molecule has 0 aliphatic heterocycles. The maximum Gasteiger partial charge on any atom is 0.194 e. The van der Waals surface area contributed by atoms with Gasteiger partial charge in [0, 0.05) is 32.0 Å². The molecule has 124 valence electrons. The van der Waals surface area contributed by atoms with E-state index in [9.17, 15) is 13.2 Å². The van der Waals surface area contributed by atoms with Gasteiger partial charge in [0.2, 0.25) is 0 Å². The average Bonchev–Trinajstić information content (AvgIpc) is 3.07. The Bertz CT molecular complexity index is 776. The Hall–Kier alpha value is -2.60. The molecule has 3 aromatic rings. The Morgan fingerprint density at radius 2 is 1.50 bits per heavy atom. The molecule has 2 aromatic carbocycles. The van der Waals surface area contributed by atoms with E-state index in [1.165, 1.54) is 0 Å². The van der Waals surface area contributed by atoms with Gasteiger partial charge in [-0.3, -0.25) is 0 Å². The van der Waals surface area contributed by atoms with Crippen LogP contribution in [0, 0.1) is 17.5 Å². The first-order valence-electron chi connectivity index (χ1n) is 7.49. The van der Waals surface area contributed by atoms with Crippen molar-refractivity contribution in [2.45, 2.75) is 19.6 Å². The zero-order valence-corrected chi connectivity index (χ0v) is 12.8. The number of hydrogen-bond acceptors (Lipinski definition) is 2. The molecule has 6 heteroatoms. The van der Waals surface area contributed by atoms with Crippen LogP contribution in [0.2, 0.25) is 0 Å².